The van der Waals surface area contributed by atoms with Crippen molar-refractivity contribution in [1.82, 2.24) is 4.57 Å². The predicted molar refractivity (Wildman–Crippen MR) is 78.5 cm³/mol. The van der Waals surface area contributed by atoms with Gasteiger partial charge in [0.15, 0.2) is 0 Å². The van der Waals surface area contributed by atoms with Gasteiger partial charge in [0.25, 0.3) is 5.91 Å². The van der Waals surface area contributed by atoms with E-state index < -0.39 is 11.9 Å². The summed E-state index contributed by atoms with van der Waals surface area (Å²) in [6.07, 6.45) is 0. The Balaban J connectivity index is 2.27. The van der Waals surface area contributed by atoms with E-state index in [0.717, 1.165) is 6.07 Å². The number of hydrogen-bond donors (Lipinski definition) is 3. The number of carboxylic acid groups (broad SMARTS) is 1. The number of phenols is 1. The van der Waals surface area contributed by atoms with E-state index in [-0.39, 0.29) is 32.9 Å². The number of amides is 1. The van der Waals surface area contributed by atoms with Gasteiger partial charge in [-0.25, -0.2) is 4.79 Å². The first kappa shape index (κ1) is 15.2. The molecule has 0 aliphatic rings. The molecule has 0 aliphatic carbocycles. The van der Waals surface area contributed by atoms with Crippen LogP contribution in [-0.2, 0) is 7.05 Å². The molecule has 0 atom stereocenters. The number of phenolic OH excluding ortho intramolecular Hbond substituents is 1. The minimum absolute atomic E-state index is 0.0819. The van der Waals surface area contributed by atoms with Gasteiger partial charge >= 0.3 is 5.97 Å². The van der Waals surface area contributed by atoms with Crippen LogP contribution in [0.5, 0.6) is 5.75 Å². The first-order valence-corrected chi connectivity index (χ1v) is 6.45. The van der Waals surface area contributed by atoms with Gasteiger partial charge in [-0.1, -0.05) is 23.2 Å². The summed E-state index contributed by atoms with van der Waals surface area (Å²) < 4.78 is 1.39. The summed E-state index contributed by atoms with van der Waals surface area (Å²) in [4.78, 5) is 22.9. The number of halogens is 2. The molecule has 1 heterocycles. The highest BCUT2D eigenvalue weighted by atomic mass is 35.5. The van der Waals surface area contributed by atoms with Crippen molar-refractivity contribution in [2.24, 2.45) is 7.05 Å². The third-order valence-electron chi connectivity index (χ3n) is 2.84. The molecular formula is C13H10Cl2N2O4. The standard InChI is InChI=1S/C13H10Cl2N2O4/c1-17-9(5-7(14)11(17)15)12(19)16-8-3-2-6(13(20)21)4-10(8)18/h2-5,18H,1H3,(H,16,19)(H,20,21). The van der Waals surface area contributed by atoms with Crippen molar-refractivity contribution in [3.8, 4) is 5.75 Å². The molecule has 0 saturated carbocycles. The van der Waals surface area contributed by atoms with E-state index in [1.807, 2.05) is 0 Å². The number of carbonyl (C=O) groups excluding carboxylic acids is 1. The third-order valence-corrected chi connectivity index (χ3v) is 3.68. The first-order chi connectivity index (χ1) is 9.81. The number of nitrogens with zero attached hydrogens (tertiary/aromatic N) is 1. The number of rotatable bonds is 3. The Labute approximate surface area is 129 Å². The van der Waals surface area contributed by atoms with E-state index in [2.05, 4.69) is 5.32 Å². The highest BCUT2D eigenvalue weighted by Crippen LogP contribution is 2.28. The monoisotopic (exact) mass is 328 g/mol. The molecule has 8 heteroatoms. The van der Waals surface area contributed by atoms with E-state index >= 15 is 0 Å². The Morgan fingerprint density at radius 3 is 2.38 bits per heavy atom. The van der Waals surface area contributed by atoms with Gasteiger partial charge in [0.05, 0.1) is 16.3 Å². The number of aromatic carboxylic acids is 1. The molecule has 1 amide bonds. The highest BCUT2D eigenvalue weighted by molar-refractivity contribution is 6.42. The molecule has 0 saturated heterocycles. The molecule has 21 heavy (non-hydrogen) atoms. The average molecular weight is 329 g/mol. The maximum atomic E-state index is 12.1. The summed E-state index contributed by atoms with van der Waals surface area (Å²) in [6, 6.07) is 5.00. The molecule has 0 aliphatic heterocycles. The predicted octanol–water partition coefficient (Wildman–Crippen LogP) is 2.99. The van der Waals surface area contributed by atoms with Gasteiger partial charge < -0.3 is 20.1 Å². The van der Waals surface area contributed by atoms with Crippen LogP contribution in [0.4, 0.5) is 5.69 Å². The fourth-order valence-corrected chi connectivity index (χ4v) is 2.09. The average Bonchev–Trinajstić information content (AvgIpc) is 2.68. The van der Waals surface area contributed by atoms with Gasteiger partial charge in [0.2, 0.25) is 0 Å². The molecule has 0 bridgehead atoms. The van der Waals surface area contributed by atoms with Gasteiger partial charge in [0, 0.05) is 7.05 Å². The lowest BCUT2D eigenvalue weighted by molar-refractivity contribution is 0.0696. The molecule has 2 aromatic rings. The van der Waals surface area contributed by atoms with Crippen molar-refractivity contribution in [3.63, 3.8) is 0 Å². The number of carbonyl (C=O) groups is 2. The van der Waals surface area contributed by atoms with Gasteiger partial charge in [0.1, 0.15) is 16.6 Å². The molecular weight excluding hydrogens is 319 g/mol. The van der Waals surface area contributed by atoms with Crippen LogP contribution < -0.4 is 5.32 Å². The molecule has 1 aromatic carbocycles. The summed E-state index contributed by atoms with van der Waals surface area (Å²) >= 11 is 11.7. The second-order valence-corrected chi connectivity index (χ2v) is 4.98. The summed E-state index contributed by atoms with van der Waals surface area (Å²) in [6.45, 7) is 0. The van der Waals surface area contributed by atoms with Crippen molar-refractivity contribution < 1.29 is 19.8 Å². The summed E-state index contributed by atoms with van der Waals surface area (Å²) in [5.74, 6) is -2.07. The van der Waals surface area contributed by atoms with Crippen LogP contribution in [0.25, 0.3) is 0 Å². The van der Waals surface area contributed by atoms with Crippen LogP contribution in [-0.4, -0.2) is 26.7 Å². The van der Waals surface area contributed by atoms with Gasteiger partial charge in [-0.2, -0.15) is 0 Å². The summed E-state index contributed by atoms with van der Waals surface area (Å²) in [5.41, 5.74) is 0.195. The lowest BCUT2D eigenvalue weighted by Gasteiger charge is -2.08. The number of benzene rings is 1. The Kier molecular flexibility index (Phi) is 4.11. The van der Waals surface area contributed by atoms with Crippen LogP contribution in [0.2, 0.25) is 10.2 Å². The van der Waals surface area contributed by atoms with Gasteiger partial charge in [-0.05, 0) is 24.3 Å². The normalized spacial score (nSPS) is 10.4. The maximum Gasteiger partial charge on any atom is 0.335 e. The Morgan fingerprint density at radius 2 is 1.90 bits per heavy atom. The van der Waals surface area contributed by atoms with Crippen molar-refractivity contribution in [2.75, 3.05) is 5.32 Å². The fourth-order valence-electron chi connectivity index (χ4n) is 1.72. The number of carboxylic acids is 1. The van der Waals surface area contributed by atoms with Crippen LogP contribution in [0.3, 0.4) is 0 Å². The molecule has 1 aromatic heterocycles. The minimum atomic E-state index is -1.18. The third kappa shape index (κ3) is 2.96. The summed E-state index contributed by atoms with van der Waals surface area (Å²) in [7, 11) is 1.57. The van der Waals surface area contributed by atoms with Gasteiger partial charge in [-0.15, -0.1) is 0 Å². The maximum absolute atomic E-state index is 12.1. The van der Waals surface area contributed by atoms with Crippen LogP contribution in [0, 0.1) is 0 Å². The molecule has 0 spiro atoms. The Bertz CT molecular complexity index is 740. The SMILES string of the molecule is Cn1c(C(=O)Nc2ccc(C(=O)O)cc2O)cc(Cl)c1Cl. The van der Waals surface area contributed by atoms with Crippen molar-refractivity contribution in [1.29, 1.82) is 0 Å². The number of anilines is 1. The summed E-state index contributed by atoms with van der Waals surface area (Å²) in [5, 5.41) is 21.4. The second-order valence-electron chi connectivity index (χ2n) is 4.22. The first-order valence-electron chi connectivity index (χ1n) is 5.69. The largest absolute Gasteiger partial charge is 0.506 e. The number of nitrogens with one attached hydrogen (secondary N) is 1. The zero-order valence-corrected chi connectivity index (χ0v) is 12.2. The second kappa shape index (κ2) is 5.67. The fraction of sp³-hybridized carbons (Fsp3) is 0.0769. The van der Waals surface area contributed by atoms with E-state index in [1.54, 1.807) is 7.05 Å². The van der Waals surface area contributed by atoms with Crippen LogP contribution in [0.1, 0.15) is 20.8 Å². The Morgan fingerprint density at radius 1 is 1.24 bits per heavy atom. The lowest BCUT2D eigenvalue weighted by atomic mass is 10.2. The van der Waals surface area contributed by atoms with Crippen molar-refractivity contribution in [3.05, 3.63) is 45.7 Å². The van der Waals surface area contributed by atoms with Crippen LogP contribution in [0.15, 0.2) is 24.3 Å². The lowest BCUT2D eigenvalue weighted by Crippen LogP contribution is -2.15. The molecule has 6 nitrogen and oxygen atoms in total. The minimum Gasteiger partial charge on any atom is -0.506 e. The number of hydrogen-bond acceptors (Lipinski definition) is 3. The molecule has 2 rings (SSSR count). The van der Waals surface area contributed by atoms with E-state index in [4.69, 9.17) is 28.3 Å². The van der Waals surface area contributed by atoms with E-state index in [9.17, 15) is 14.7 Å². The molecule has 0 unspecified atom stereocenters. The molecule has 0 fully saturated rings. The van der Waals surface area contributed by atoms with Crippen molar-refractivity contribution >= 4 is 40.8 Å². The zero-order valence-electron chi connectivity index (χ0n) is 10.7. The highest BCUT2D eigenvalue weighted by Gasteiger charge is 2.17. The van der Waals surface area contributed by atoms with Crippen molar-refractivity contribution in [2.45, 2.75) is 0 Å². The molecule has 3 N–H and O–H groups in total. The van der Waals surface area contributed by atoms with Gasteiger partial charge in [-0.3, -0.25) is 4.79 Å². The smallest absolute Gasteiger partial charge is 0.335 e. The zero-order chi connectivity index (χ0) is 15.7. The van der Waals surface area contributed by atoms with E-state index in [1.165, 1.54) is 22.8 Å². The Hall–Kier alpha value is -2.18. The quantitative estimate of drug-likeness (QED) is 0.755. The van der Waals surface area contributed by atoms with E-state index in [0.29, 0.717) is 0 Å². The topological polar surface area (TPSA) is 91.6 Å². The van der Waals surface area contributed by atoms with Crippen LogP contribution >= 0.6 is 23.2 Å². The molecule has 110 valence electrons. The number of aromatic nitrogens is 1. The molecule has 0 radical (unpaired) electrons. The number of aromatic hydroxyl groups is 1.